The number of aliphatic hydroxyl groups is 1. The van der Waals surface area contributed by atoms with Crippen molar-refractivity contribution in [2.45, 2.75) is 13.0 Å². The fourth-order valence-corrected chi connectivity index (χ4v) is 2.56. The SMILES string of the molecule is Cc1[nH]ccc1C(=O)NCC(O)c1c(Cl)cccc1Cl. The van der Waals surface area contributed by atoms with Crippen molar-refractivity contribution in [3.8, 4) is 0 Å². The molecule has 1 atom stereocenters. The van der Waals surface area contributed by atoms with Gasteiger partial charge in [0.05, 0.1) is 11.7 Å². The second-order valence-electron chi connectivity index (χ2n) is 4.38. The first-order chi connectivity index (χ1) is 9.50. The maximum absolute atomic E-state index is 11.9. The van der Waals surface area contributed by atoms with E-state index in [9.17, 15) is 9.90 Å². The second-order valence-corrected chi connectivity index (χ2v) is 5.19. The van der Waals surface area contributed by atoms with Crippen LogP contribution in [-0.2, 0) is 0 Å². The summed E-state index contributed by atoms with van der Waals surface area (Å²) in [6, 6.07) is 6.66. The molecule has 0 fully saturated rings. The van der Waals surface area contributed by atoms with Crippen molar-refractivity contribution < 1.29 is 9.90 Å². The number of rotatable bonds is 4. The number of aliphatic hydroxyl groups excluding tert-OH is 1. The van der Waals surface area contributed by atoms with Gasteiger partial charge in [0.15, 0.2) is 0 Å². The highest BCUT2D eigenvalue weighted by molar-refractivity contribution is 6.36. The molecule has 1 aromatic carbocycles. The molecule has 0 bridgehead atoms. The van der Waals surface area contributed by atoms with Crippen molar-refractivity contribution in [3.63, 3.8) is 0 Å². The molecule has 106 valence electrons. The molecule has 1 unspecified atom stereocenters. The van der Waals surface area contributed by atoms with E-state index in [2.05, 4.69) is 10.3 Å². The molecule has 2 aromatic rings. The number of carbonyl (C=O) groups excluding carboxylic acids is 1. The smallest absolute Gasteiger partial charge is 0.253 e. The first kappa shape index (κ1) is 14.9. The lowest BCUT2D eigenvalue weighted by atomic mass is 10.1. The summed E-state index contributed by atoms with van der Waals surface area (Å²) in [6.07, 6.45) is 0.727. The molecule has 0 saturated heterocycles. The summed E-state index contributed by atoms with van der Waals surface area (Å²) < 4.78 is 0. The standard InChI is InChI=1S/C14H14Cl2N2O2/c1-8-9(5-6-17-8)14(20)18-7-12(19)13-10(15)3-2-4-11(13)16/h2-6,12,17,19H,7H2,1H3,(H,18,20). The highest BCUT2D eigenvalue weighted by atomic mass is 35.5. The van der Waals surface area contributed by atoms with Gasteiger partial charge in [-0.2, -0.15) is 0 Å². The van der Waals surface area contributed by atoms with Gasteiger partial charge >= 0.3 is 0 Å². The number of benzene rings is 1. The molecule has 20 heavy (non-hydrogen) atoms. The molecular weight excluding hydrogens is 299 g/mol. The third kappa shape index (κ3) is 3.15. The second kappa shape index (κ2) is 6.31. The zero-order chi connectivity index (χ0) is 14.7. The van der Waals surface area contributed by atoms with E-state index >= 15 is 0 Å². The van der Waals surface area contributed by atoms with E-state index in [4.69, 9.17) is 23.2 Å². The minimum absolute atomic E-state index is 0.0346. The molecule has 1 amide bonds. The van der Waals surface area contributed by atoms with Crippen LogP contribution in [0.5, 0.6) is 0 Å². The van der Waals surface area contributed by atoms with Gasteiger partial charge in [0, 0.05) is 34.0 Å². The molecule has 3 N–H and O–H groups in total. The Hall–Kier alpha value is -1.49. The van der Waals surface area contributed by atoms with Crippen molar-refractivity contribution >= 4 is 29.1 Å². The van der Waals surface area contributed by atoms with Crippen molar-refractivity contribution in [2.75, 3.05) is 6.54 Å². The van der Waals surface area contributed by atoms with Gasteiger partial charge in [-0.15, -0.1) is 0 Å². The Bertz CT molecular complexity index is 605. The van der Waals surface area contributed by atoms with E-state index in [1.54, 1.807) is 37.4 Å². The minimum atomic E-state index is -0.959. The van der Waals surface area contributed by atoms with Crippen molar-refractivity contribution in [1.29, 1.82) is 0 Å². The summed E-state index contributed by atoms with van der Waals surface area (Å²) >= 11 is 12.0. The van der Waals surface area contributed by atoms with E-state index in [-0.39, 0.29) is 12.5 Å². The molecule has 4 nitrogen and oxygen atoms in total. The molecule has 1 heterocycles. The maximum atomic E-state index is 11.9. The molecule has 0 spiro atoms. The van der Waals surface area contributed by atoms with Gasteiger partial charge in [0.1, 0.15) is 0 Å². The third-order valence-corrected chi connectivity index (χ3v) is 3.65. The van der Waals surface area contributed by atoms with Gasteiger partial charge < -0.3 is 15.4 Å². The summed E-state index contributed by atoms with van der Waals surface area (Å²) in [5, 5.41) is 13.5. The normalized spacial score (nSPS) is 12.2. The van der Waals surface area contributed by atoms with Crippen LogP contribution < -0.4 is 5.32 Å². The number of hydrogen-bond donors (Lipinski definition) is 3. The van der Waals surface area contributed by atoms with E-state index in [0.29, 0.717) is 21.2 Å². The average Bonchev–Trinajstić information content (AvgIpc) is 2.82. The maximum Gasteiger partial charge on any atom is 0.253 e. The number of H-pyrrole nitrogens is 1. The monoisotopic (exact) mass is 312 g/mol. The Morgan fingerprint density at radius 1 is 1.35 bits per heavy atom. The Morgan fingerprint density at radius 2 is 2.00 bits per heavy atom. The number of amides is 1. The third-order valence-electron chi connectivity index (χ3n) is 2.99. The minimum Gasteiger partial charge on any atom is -0.386 e. The summed E-state index contributed by atoms with van der Waals surface area (Å²) in [6.45, 7) is 1.84. The fraction of sp³-hybridized carbons (Fsp3) is 0.214. The first-order valence-electron chi connectivity index (χ1n) is 6.05. The highest BCUT2D eigenvalue weighted by Crippen LogP contribution is 2.29. The van der Waals surface area contributed by atoms with E-state index in [1.165, 1.54) is 0 Å². The van der Waals surface area contributed by atoms with Crippen LogP contribution >= 0.6 is 23.2 Å². The lowest BCUT2D eigenvalue weighted by molar-refractivity contribution is 0.0916. The van der Waals surface area contributed by atoms with Gasteiger partial charge in [0.25, 0.3) is 5.91 Å². The highest BCUT2D eigenvalue weighted by Gasteiger charge is 2.17. The topological polar surface area (TPSA) is 65.1 Å². The number of hydrogen-bond acceptors (Lipinski definition) is 2. The zero-order valence-corrected chi connectivity index (χ0v) is 12.3. The Kier molecular flexibility index (Phi) is 4.70. The molecule has 2 rings (SSSR count). The number of aromatic amines is 1. The number of halogens is 2. The van der Waals surface area contributed by atoms with Gasteiger partial charge in [-0.25, -0.2) is 0 Å². The molecular formula is C14H14Cl2N2O2. The Morgan fingerprint density at radius 3 is 2.55 bits per heavy atom. The van der Waals surface area contributed by atoms with Crippen molar-refractivity contribution in [3.05, 3.63) is 57.3 Å². The van der Waals surface area contributed by atoms with Crippen molar-refractivity contribution in [2.24, 2.45) is 0 Å². The van der Waals surface area contributed by atoms with Gasteiger partial charge in [0.2, 0.25) is 0 Å². The number of carbonyl (C=O) groups is 1. The summed E-state index contributed by atoms with van der Waals surface area (Å²) in [7, 11) is 0. The molecule has 0 aliphatic rings. The van der Waals surface area contributed by atoms with Crippen LogP contribution in [0, 0.1) is 6.92 Å². The summed E-state index contributed by atoms with van der Waals surface area (Å²) in [5.74, 6) is -0.258. The zero-order valence-electron chi connectivity index (χ0n) is 10.8. The summed E-state index contributed by atoms with van der Waals surface area (Å²) in [5.41, 5.74) is 1.73. The van der Waals surface area contributed by atoms with E-state index in [1.807, 2.05) is 0 Å². The summed E-state index contributed by atoms with van der Waals surface area (Å²) in [4.78, 5) is 14.8. The largest absolute Gasteiger partial charge is 0.386 e. The number of aromatic nitrogens is 1. The first-order valence-corrected chi connectivity index (χ1v) is 6.80. The predicted molar refractivity (Wildman–Crippen MR) is 79.3 cm³/mol. The van der Waals surface area contributed by atoms with Crippen LogP contribution in [0.2, 0.25) is 10.0 Å². The van der Waals surface area contributed by atoms with Crippen LogP contribution in [0.25, 0.3) is 0 Å². The lowest BCUT2D eigenvalue weighted by Gasteiger charge is -2.15. The Balaban J connectivity index is 2.04. The van der Waals surface area contributed by atoms with Crippen LogP contribution in [0.3, 0.4) is 0 Å². The van der Waals surface area contributed by atoms with Gasteiger partial charge in [-0.3, -0.25) is 4.79 Å². The quantitative estimate of drug-likeness (QED) is 0.812. The van der Waals surface area contributed by atoms with Crippen LogP contribution in [0.1, 0.15) is 27.7 Å². The van der Waals surface area contributed by atoms with Crippen molar-refractivity contribution in [1.82, 2.24) is 10.3 Å². The van der Waals surface area contributed by atoms with Crippen LogP contribution in [-0.4, -0.2) is 22.5 Å². The van der Waals surface area contributed by atoms with E-state index in [0.717, 1.165) is 5.69 Å². The average molecular weight is 313 g/mol. The Labute approximate surface area is 126 Å². The lowest BCUT2D eigenvalue weighted by Crippen LogP contribution is -2.28. The fourth-order valence-electron chi connectivity index (χ4n) is 1.91. The van der Waals surface area contributed by atoms with E-state index < -0.39 is 6.10 Å². The molecule has 1 aromatic heterocycles. The molecule has 6 heteroatoms. The number of nitrogens with one attached hydrogen (secondary N) is 2. The van der Waals surface area contributed by atoms with Gasteiger partial charge in [-0.05, 0) is 25.1 Å². The molecule has 0 radical (unpaired) electrons. The molecule has 0 aliphatic heterocycles. The number of aryl methyl sites for hydroxylation is 1. The molecule has 0 aliphatic carbocycles. The predicted octanol–water partition coefficient (Wildman–Crippen LogP) is 3.09. The van der Waals surface area contributed by atoms with Gasteiger partial charge in [-0.1, -0.05) is 29.3 Å². The van der Waals surface area contributed by atoms with Crippen LogP contribution in [0.15, 0.2) is 30.5 Å². The molecule has 0 saturated carbocycles. The van der Waals surface area contributed by atoms with Crippen LogP contribution in [0.4, 0.5) is 0 Å².